The van der Waals surface area contributed by atoms with Gasteiger partial charge in [-0.15, -0.1) is 12.3 Å². The van der Waals surface area contributed by atoms with E-state index in [-0.39, 0.29) is 17.9 Å². The second-order valence-electron chi connectivity index (χ2n) is 3.76. The Kier molecular flexibility index (Phi) is 5.16. The lowest BCUT2D eigenvalue weighted by Gasteiger charge is -2.12. The summed E-state index contributed by atoms with van der Waals surface area (Å²) >= 11 is 0. The molecule has 0 aromatic rings. The minimum absolute atomic E-state index is 0.000655. The molecule has 1 aliphatic rings. The van der Waals surface area contributed by atoms with Crippen LogP contribution in [-0.4, -0.2) is 31.7 Å². The van der Waals surface area contributed by atoms with Crippen LogP contribution in [-0.2, 0) is 9.53 Å². The summed E-state index contributed by atoms with van der Waals surface area (Å²) in [7, 11) is 0. The molecule has 1 amide bonds. The molecule has 84 valence electrons. The summed E-state index contributed by atoms with van der Waals surface area (Å²) in [6.45, 7) is 1.59. The molecule has 3 N–H and O–H groups in total. The van der Waals surface area contributed by atoms with E-state index in [4.69, 9.17) is 16.9 Å². The van der Waals surface area contributed by atoms with Gasteiger partial charge in [0.15, 0.2) is 0 Å². The van der Waals surface area contributed by atoms with Crippen molar-refractivity contribution in [3.63, 3.8) is 0 Å². The first-order valence-corrected chi connectivity index (χ1v) is 5.30. The number of ether oxygens (including phenoxy) is 1. The summed E-state index contributed by atoms with van der Waals surface area (Å²) in [5, 5.41) is 2.85. The van der Waals surface area contributed by atoms with Crippen LogP contribution in [0.4, 0.5) is 0 Å². The molecule has 1 fully saturated rings. The number of unbranched alkanes of at least 4 members (excludes halogenated alkanes) is 2. The highest BCUT2D eigenvalue weighted by Gasteiger charge is 2.30. The van der Waals surface area contributed by atoms with Crippen molar-refractivity contribution in [1.29, 1.82) is 0 Å². The van der Waals surface area contributed by atoms with Crippen LogP contribution in [0, 0.1) is 18.3 Å². The van der Waals surface area contributed by atoms with Crippen molar-refractivity contribution < 1.29 is 9.53 Å². The second-order valence-corrected chi connectivity index (χ2v) is 3.76. The molecule has 4 nitrogen and oxygen atoms in total. The van der Waals surface area contributed by atoms with Gasteiger partial charge in [0.05, 0.1) is 19.1 Å². The van der Waals surface area contributed by atoms with E-state index in [9.17, 15) is 4.79 Å². The van der Waals surface area contributed by atoms with Crippen LogP contribution in [0.25, 0.3) is 0 Å². The summed E-state index contributed by atoms with van der Waals surface area (Å²) < 4.78 is 5.12. The quantitative estimate of drug-likeness (QED) is 0.491. The van der Waals surface area contributed by atoms with Crippen molar-refractivity contribution in [2.24, 2.45) is 11.7 Å². The SMILES string of the molecule is C#CCCCCNC(=O)C1COCC1N. The highest BCUT2D eigenvalue weighted by Crippen LogP contribution is 2.11. The van der Waals surface area contributed by atoms with Crippen LogP contribution in [0.1, 0.15) is 19.3 Å². The van der Waals surface area contributed by atoms with Gasteiger partial charge in [0.25, 0.3) is 0 Å². The molecule has 0 aliphatic carbocycles. The number of carbonyl (C=O) groups is 1. The van der Waals surface area contributed by atoms with Crippen LogP contribution in [0.2, 0.25) is 0 Å². The summed E-state index contributed by atoms with van der Waals surface area (Å²) in [5.41, 5.74) is 5.72. The smallest absolute Gasteiger partial charge is 0.227 e. The van der Waals surface area contributed by atoms with E-state index in [1.165, 1.54) is 0 Å². The van der Waals surface area contributed by atoms with E-state index in [1.54, 1.807) is 0 Å². The molecule has 0 aromatic carbocycles. The van der Waals surface area contributed by atoms with Gasteiger partial charge in [0.2, 0.25) is 5.91 Å². The van der Waals surface area contributed by atoms with Gasteiger partial charge in [-0.25, -0.2) is 0 Å². The lowest BCUT2D eigenvalue weighted by Crippen LogP contribution is -2.41. The lowest BCUT2D eigenvalue weighted by molar-refractivity contribution is -0.125. The molecule has 2 unspecified atom stereocenters. The maximum atomic E-state index is 11.6. The number of nitrogens with two attached hydrogens (primary N) is 1. The molecule has 15 heavy (non-hydrogen) atoms. The highest BCUT2D eigenvalue weighted by molar-refractivity contribution is 5.79. The Labute approximate surface area is 90.5 Å². The first kappa shape index (κ1) is 12.0. The second kappa shape index (κ2) is 6.44. The van der Waals surface area contributed by atoms with Crippen molar-refractivity contribution in [2.75, 3.05) is 19.8 Å². The van der Waals surface area contributed by atoms with Gasteiger partial charge in [0.1, 0.15) is 0 Å². The summed E-state index contributed by atoms with van der Waals surface area (Å²) in [6.07, 6.45) is 7.75. The van der Waals surface area contributed by atoms with Gasteiger partial charge in [-0.2, -0.15) is 0 Å². The summed E-state index contributed by atoms with van der Waals surface area (Å²) in [4.78, 5) is 11.6. The van der Waals surface area contributed by atoms with Gasteiger partial charge in [-0.3, -0.25) is 4.79 Å². The van der Waals surface area contributed by atoms with Crippen molar-refractivity contribution in [3.05, 3.63) is 0 Å². The summed E-state index contributed by atoms with van der Waals surface area (Å²) in [6, 6.07) is -0.157. The fourth-order valence-corrected chi connectivity index (χ4v) is 1.54. The predicted molar refractivity (Wildman–Crippen MR) is 58.0 cm³/mol. The monoisotopic (exact) mass is 210 g/mol. The Hall–Kier alpha value is -1.05. The lowest BCUT2D eigenvalue weighted by atomic mass is 10.0. The van der Waals surface area contributed by atoms with Crippen LogP contribution < -0.4 is 11.1 Å². The van der Waals surface area contributed by atoms with Crippen LogP contribution in [0.5, 0.6) is 0 Å². The van der Waals surface area contributed by atoms with Crippen molar-refractivity contribution in [2.45, 2.75) is 25.3 Å². The molecular formula is C11H18N2O2. The predicted octanol–water partition coefficient (Wildman–Crippen LogP) is -0.120. The van der Waals surface area contributed by atoms with Crippen LogP contribution >= 0.6 is 0 Å². The van der Waals surface area contributed by atoms with Gasteiger partial charge in [-0.1, -0.05) is 0 Å². The molecule has 1 rings (SSSR count). The molecule has 2 atom stereocenters. The van der Waals surface area contributed by atoms with Gasteiger partial charge in [0, 0.05) is 19.0 Å². The maximum Gasteiger partial charge on any atom is 0.227 e. The number of terminal acetylenes is 1. The van der Waals surface area contributed by atoms with Crippen LogP contribution in [0.15, 0.2) is 0 Å². The van der Waals surface area contributed by atoms with E-state index in [0.717, 1.165) is 19.3 Å². The first-order valence-electron chi connectivity index (χ1n) is 5.30. The Bertz CT molecular complexity index is 247. The number of hydrogen-bond donors (Lipinski definition) is 2. The van der Waals surface area contributed by atoms with E-state index in [2.05, 4.69) is 11.2 Å². The third-order valence-electron chi connectivity index (χ3n) is 2.51. The normalized spacial score (nSPS) is 24.8. The third-order valence-corrected chi connectivity index (χ3v) is 2.51. The zero-order valence-corrected chi connectivity index (χ0v) is 8.87. The van der Waals surface area contributed by atoms with E-state index >= 15 is 0 Å². The van der Waals surface area contributed by atoms with Gasteiger partial charge >= 0.3 is 0 Å². The molecule has 4 heteroatoms. The number of nitrogens with one attached hydrogen (secondary N) is 1. The fraction of sp³-hybridized carbons (Fsp3) is 0.727. The number of hydrogen-bond acceptors (Lipinski definition) is 3. The molecule has 0 aromatic heterocycles. The summed E-state index contributed by atoms with van der Waals surface area (Å²) in [5.74, 6) is 2.38. The molecule has 1 saturated heterocycles. The Morgan fingerprint density at radius 3 is 2.93 bits per heavy atom. The number of amides is 1. The zero-order chi connectivity index (χ0) is 11.1. The number of rotatable bonds is 5. The molecular weight excluding hydrogens is 192 g/mol. The van der Waals surface area contributed by atoms with E-state index in [1.807, 2.05) is 0 Å². The van der Waals surface area contributed by atoms with E-state index in [0.29, 0.717) is 19.8 Å². The molecule has 0 radical (unpaired) electrons. The van der Waals surface area contributed by atoms with Crippen molar-refractivity contribution >= 4 is 5.91 Å². The molecule has 0 spiro atoms. The minimum atomic E-state index is -0.183. The molecule has 0 saturated carbocycles. The molecule has 1 heterocycles. The average Bonchev–Trinajstić information content (AvgIpc) is 2.64. The topological polar surface area (TPSA) is 64.3 Å². The minimum Gasteiger partial charge on any atom is -0.379 e. The van der Waals surface area contributed by atoms with Gasteiger partial charge < -0.3 is 15.8 Å². The third kappa shape index (κ3) is 3.90. The molecule has 1 aliphatic heterocycles. The van der Waals surface area contributed by atoms with E-state index < -0.39 is 0 Å². The van der Waals surface area contributed by atoms with Crippen molar-refractivity contribution in [1.82, 2.24) is 5.32 Å². The Balaban J connectivity index is 2.11. The van der Waals surface area contributed by atoms with Crippen LogP contribution in [0.3, 0.4) is 0 Å². The average molecular weight is 210 g/mol. The zero-order valence-electron chi connectivity index (χ0n) is 8.87. The fourth-order valence-electron chi connectivity index (χ4n) is 1.54. The standard InChI is InChI=1S/C11H18N2O2/c1-2-3-4-5-6-13-11(14)9-7-15-8-10(9)12/h1,9-10H,3-8,12H2,(H,13,14). The van der Waals surface area contributed by atoms with Gasteiger partial charge in [-0.05, 0) is 12.8 Å². The molecule has 0 bridgehead atoms. The first-order chi connectivity index (χ1) is 7.25. The largest absolute Gasteiger partial charge is 0.379 e. The maximum absolute atomic E-state index is 11.6. The van der Waals surface area contributed by atoms with Crippen molar-refractivity contribution in [3.8, 4) is 12.3 Å². The Morgan fingerprint density at radius 2 is 2.33 bits per heavy atom. The highest BCUT2D eigenvalue weighted by atomic mass is 16.5. The number of carbonyl (C=O) groups excluding carboxylic acids is 1. The Morgan fingerprint density at radius 1 is 1.53 bits per heavy atom.